The number of nitrogens with zero attached hydrogens (tertiary/aromatic N) is 2. The fourth-order valence-electron chi connectivity index (χ4n) is 1.27. The van der Waals surface area contributed by atoms with E-state index in [0.717, 1.165) is 23.5 Å². The number of thioether (sulfide) groups is 2. The van der Waals surface area contributed by atoms with Crippen molar-refractivity contribution in [3.8, 4) is 0 Å². The van der Waals surface area contributed by atoms with Gasteiger partial charge in [0.05, 0.1) is 0 Å². The van der Waals surface area contributed by atoms with E-state index in [4.69, 9.17) is 9.05 Å². The third kappa shape index (κ3) is 8.95. The van der Waals surface area contributed by atoms with Gasteiger partial charge in [-0.05, 0) is 6.92 Å². The van der Waals surface area contributed by atoms with Crippen molar-refractivity contribution < 1.29 is 23.2 Å². The van der Waals surface area contributed by atoms with Crippen LogP contribution < -0.4 is 0 Å². The molecule has 26 heavy (non-hydrogen) atoms. The van der Waals surface area contributed by atoms with Crippen LogP contribution in [0.1, 0.15) is 48.5 Å². The van der Waals surface area contributed by atoms with Gasteiger partial charge in [-0.25, -0.2) is 0 Å². The molecular formula is C16H29N2O5PS2. The Balaban J connectivity index is 5.07. The van der Waals surface area contributed by atoms with E-state index in [2.05, 4.69) is 10.2 Å². The third-order valence-electron chi connectivity index (χ3n) is 2.79. The van der Waals surface area contributed by atoms with Crippen LogP contribution in [0.15, 0.2) is 21.7 Å². The first kappa shape index (κ1) is 25.5. The van der Waals surface area contributed by atoms with Gasteiger partial charge in [-0.1, -0.05) is 71.1 Å². The molecule has 7 nitrogen and oxygen atoms in total. The highest BCUT2D eigenvalue weighted by atomic mass is 32.2. The van der Waals surface area contributed by atoms with E-state index in [1.165, 1.54) is 13.1 Å². The van der Waals surface area contributed by atoms with Gasteiger partial charge in [0.1, 0.15) is 11.9 Å². The maximum absolute atomic E-state index is 13.1. The molecule has 150 valence electrons. The average molecular weight is 425 g/mol. The molecule has 0 unspecified atom stereocenters. The van der Waals surface area contributed by atoms with E-state index in [9.17, 15) is 14.2 Å². The predicted molar refractivity (Wildman–Crippen MR) is 108 cm³/mol. The highest BCUT2D eigenvalue weighted by Gasteiger charge is 2.33. The van der Waals surface area contributed by atoms with Gasteiger partial charge in [-0.2, -0.15) is 5.11 Å². The van der Waals surface area contributed by atoms with Crippen molar-refractivity contribution >= 4 is 41.4 Å². The molecule has 0 fully saturated rings. The summed E-state index contributed by atoms with van der Waals surface area (Å²) in [5.41, 5.74) is -1.05. The molecule has 0 aliphatic heterocycles. The van der Waals surface area contributed by atoms with Crippen molar-refractivity contribution in [2.75, 3.05) is 18.9 Å². The number of hydrogen-bond donors (Lipinski definition) is 0. The molecule has 0 heterocycles. The van der Waals surface area contributed by atoms with E-state index >= 15 is 0 Å². The second kappa shape index (κ2) is 10.8. The molecule has 0 radical (unpaired) electrons. The van der Waals surface area contributed by atoms with Crippen molar-refractivity contribution in [3.63, 3.8) is 0 Å². The minimum atomic E-state index is -3.81. The monoisotopic (exact) mass is 424 g/mol. The molecular weight excluding hydrogens is 395 g/mol. The zero-order valence-electron chi connectivity index (χ0n) is 16.7. The van der Waals surface area contributed by atoms with Gasteiger partial charge in [0, 0.05) is 17.9 Å². The Bertz CT molecular complexity index is 571. The Morgan fingerprint density at radius 2 is 1.35 bits per heavy atom. The zero-order valence-corrected chi connectivity index (χ0v) is 19.2. The summed E-state index contributed by atoms with van der Waals surface area (Å²) in [6.07, 6.45) is 1.47. The smallest absolute Gasteiger partial charge is 0.293 e. The number of azo groups is 1. The largest absolute Gasteiger partial charge is 0.382 e. The second-order valence-electron chi connectivity index (χ2n) is 7.30. The first-order valence-electron chi connectivity index (χ1n) is 7.98. The van der Waals surface area contributed by atoms with Crippen molar-refractivity contribution in [1.82, 2.24) is 0 Å². The number of rotatable bonds is 8. The molecule has 0 N–H and O–H groups in total. The summed E-state index contributed by atoms with van der Waals surface area (Å²) < 4.78 is 23.9. The highest BCUT2D eigenvalue weighted by molar-refractivity contribution is 8.14. The van der Waals surface area contributed by atoms with Crippen LogP contribution >= 0.6 is 31.1 Å². The van der Waals surface area contributed by atoms with E-state index in [1.807, 2.05) is 0 Å². The summed E-state index contributed by atoms with van der Waals surface area (Å²) in [5.74, 6) is -0.302. The van der Waals surface area contributed by atoms with E-state index in [1.54, 1.807) is 48.5 Å². The molecule has 0 saturated heterocycles. The standard InChI is InChI=1S/C16H29N2O5PS2/c1-9-12(18-17-8)24(21,22-10-25-13(19)15(2,3)4)23-11-26-14(20)16(5,6)7/h9H,10-11H2,1-8H3/b12-9+,18-17?. The van der Waals surface area contributed by atoms with Gasteiger partial charge in [-0.3, -0.25) is 23.2 Å². The van der Waals surface area contributed by atoms with Crippen molar-refractivity contribution in [2.45, 2.75) is 48.5 Å². The van der Waals surface area contributed by atoms with E-state index in [0.29, 0.717) is 0 Å². The van der Waals surface area contributed by atoms with Crippen molar-refractivity contribution in [1.29, 1.82) is 0 Å². The van der Waals surface area contributed by atoms with Crippen LogP contribution in [0.25, 0.3) is 0 Å². The fraction of sp³-hybridized carbons (Fsp3) is 0.750. The first-order chi connectivity index (χ1) is 11.8. The first-order valence-corrected chi connectivity index (χ1v) is 11.5. The average Bonchev–Trinajstić information content (AvgIpc) is 2.50. The SMILES string of the molecule is C/C=C(\N=NC)P(=O)(OCSC(=O)C(C)(C)C)OCSC(=O)C(C)(C)C. The van der Waals surface area contributed by atoms with Gasteiger partial charge < -0.3 is 0 Å². The highest BCUT2D eigenvalue weighted by Crippen LogP contribution is 2.58. The maximum Gasteiger partial charge on any atom is 0.382 e. The Labute approximate surface area is 164 Å². The van der Waals surface area contributed by atoms with E-state index < -0.39 is 18.4 Å². The van der Waals surface area contributed by atoms with Gasteiger partial charge >= 0.3 is 7.60 Å². The Kier molecular flexibility index (Phi) is 10.6. The molecule has 0 bridgehead atoms. The van der Waals surface area contributed by atoms with Gasteiger partial charge in [0.2, 0.25) is 0 Å². The molecule has 0 aromatic rings. The topological polar surface area (TPSA) is 94.4 Å². The number of hydrogen-bond acceptors (Lipinski definition) is 9. The molecule has 0 saturated carbocycles. The van der Waals surface area contributed by atoms with Crippen LogP contribution in [0.3, 0.4) is 0 Å². The van der Waals surface area contributed by atoms with Crippen molar-refractivity contribution in [3.05, 3.63) is 11.5 Å². The normalized spacial score (nSPS) is 14.1. The molecule has 0 aliphatic carbocycles. The Morgan fingerprint density at radius 3 is 1.62 bits per heavy atom. The van der Waals surface area contributed by atoms with Gasteiger partial charge in [-0.15, -0.1) is 5.11 Å². The molecule has 10 heteroatoms. The zero-order chi connectivity index (χ0) is 20.6. The van der Waals surface area contributed by atoms with Gasteiger partial charge in [0.25, 0.3) is 0 Å². The van der Waals surface area contributed by atoms with Gasteiger partial charge in [0.15, 0.2) is 15.7 Å². The summed E-state index contributed by atoms with van der Waals surface area (Å²) in [5, 5.41) is 7.21. The maximum atomic E-state index is 13.1. The van der Waals surface area contributed by atoms with Crippen LogP contribution in [-0.4, -0.2) is 29.2 Å². The predicted octanol–water partition coefficient (Wildman–Crippen LogP) is 5.68. The Hall–Kier alpha value is -0.470. The number of carbonyl (C=O) groups excluding carboxylic acids is 2. The quantitative estimate of drug-likeness (QED) is 0.281. The minimum Gasteiger partial charge on any atom is -0.293 e. The third-order valence-corrected chi connectivity index (χ3v) is 7.21. The summed E-state index contributed by atoms with van der Waals surface area (Å²) in [7, 11) is -2.37. The number of allylic oxidation sites excluding steroid dienone is 1. The van der Waals surface area contributed by atoms with Crippen LogP contribution in [0.2, 0.25) is 0 Å². The lowest BCUT2D eigenvalue weighted by Crippen LogP contribution is -2.17. The fourth-order valence-corrected chi connectivity index (χ4v) is 4.74. The lowest BCUT2D eigenvalue weighted by Gasteiger charge is -2.20. The molecule has 0 amide bonds. The molecule has 0 aliphatic rings. The van der Waals surface area contributed by atoms with Crippen LogP contribution in [0.5, 0.6) is 0 Å². The summed E-state index contributed by atoms with van der Waals surface area (Å²) in [6, 6.07) is 0. The molecule has 0 spiro atoms. The second-order valence-corrected chi connectivity index (χ2v) is 11.1. The summed E-state index contributed by atoms with van der Waals surface area (Å²) in [6.45, 7) is 12.4. The molecule has 0 rings (SSSR count). The van der Waals surface area contributed by atoms with Crippen molar-refractivity contribution in [2.24, 2.45) is 21.1 Å². The summed E-state index contributed by atoms with van der Waals surface area (Å²) in [4.78, 5) is 24.0. The lowest BCUT2D eigenvalue weighted by molar-refractivity contribution is -0.118. The minimum absolute atomic E-state index is 0.0348. The summed E-state index contributed by atoms with van der Waals surface area (Å²) >= 11 is 1.83. The molecule has 0 atom stereocenters. The lowest BCUT2D eigenvalue weighted by atomic mass is 9.99. The van der Waals surface area contributed by atoms with Crippen LogP contribution in [-0.2, 0) is 23.2 Å². The molecule has 0 aromatic carbocycles. The van der Waals surface area contributed by atoms with Crippen LogP contribution in [0.4, 0.5) is 0 Å². The number of carbonyl (C=O) groups is 2. The van der Waals surface area contributed by atoms with Crippen LogP contribution in [0, 0.1) is 10.8 Å². The molecule has 0 aromatic heterocycles. The van der Waals surface area contributed by atoms with E-state index in [-0.39, 0.29) is 27.5 Å². The Morgan fingerprint density at radius 1 is 0.962 bits per heavy atom.